The minimum Gasteiger partial charge on any atom is -0.392 e. The van der Waals surface area contributed by atoms with Crippen LogP contribution < -0.4 is 4.90 Å². The second-order valence-electron chi connectivity index (χ2n) is 4.17. The molecule has 0 aliphatic heterocycles. The molecule has 5 heteroatoms. The number of aliphatic hydroxyl groups is 1. The first-order valence-electron chi connectivity index (χ1n) is 5.62. The molecule has 0 radical (unpaired) electrons. The van der Waals surface area contributed by atoms with Crippen LogP contribution in [0.1, 0.15) is 16.1 Å². The molecule has 2 aromatic rings. The van der Waals surface area contributed by atoms with E-state index in [0.717, 1.165) is 27.8 Å². The van der Waals surface area contributed by atoms with Crippen molar-refractivity contribution in [3.05, 3.63) is 44.9 Å². The Kier molecular flexibility index (Phi) is 4.22. The first-order valence-corrected chi connectivity index (χ1v) is 6.81. The number of halogens is 1. The van der Waals surface area contributed by atoms with Crippen LogP contribution in [0.5, 0.6) is 0 Å². The molecule has 96 valence electrons. The van der Waals surface area contributed by atoms with Crippen LogP contribution in [0, 0.1) is 6.92 Å². The summed E-state index contributed by atoms with van der Waals surface area (Å²) >= 11 is 7.50. The summed E-state index contributed by atoms with van der Waals surface area (Å²) in [6.07, 6.45) is 1.72. The monoisotopic (exact) mass is 282 g/mol. The van der Waals surface area contributed by atoms with E-state index in [-0.39, 0.29) is 6.61 Å². The Balaban J connectivity index is 2.22. The Morgan fingerprint density at radius 3 is 2.83 bits per heavy atom. The molecule has 3 nitrogen and oxygen atoms in total. The van der Waals surface area contributed by atoms with E-state index >= 15 is 0 Å². The van der Waals surface area contributed by atoms with Gasteiger partial charge in [-0.1, -0.05) is 11.6 Å². The fourth-order valence-electron chi connectivity index (χ4n) is 1.81. The Bertz CT molecular complexity index is 542. The number of pyridine rings is 1. The summed E-state index contributed by atoms with van der Waals surface area (Å²) in [7, 11) is 2.00. The first kappa shape index (κ1) is 13.3. The van der Waals surface area contributed by atoms with Crippen LogP contribution in [0.15, 0.2) is 24.4 Å². The lowest BCUT2D eigenvalue weighted by Gasteiger charge is -2.21. The van der Waals surface area contributed by atoms with Gasteiger partial charge in [-0.15, -0.1) is 11.3 Å². The van der Waals surface area contributed by atoms with Crippen LogP contribution in [0.2, 0.25) is 4.34 Å². The Labute approximate surface area is 116 Å². The van der Waals surface area contributed by atoms with Crippen molar-refractivity contribution in [2.45, 2.75) is 20.1 Å². The molecule has 2 aromatic heterocycles. The van der Waals surface area contributed by atoms with Crippen LogP contribution in [0.4, 0.5) is 5.69 Å². The lowest BCUT2D eigenvalue weighted by atomic mass is 10.2. The van der Waals surface area contributed by atoms with Crippen molar-refractivity contribution >= 4 is 28.6 Å². The summed E-state index contributed by atoms with van der Waals surface area (Å²) in [4.78, 5) is 7.49. The molecule has 0 saturated carbocycles. The quantitative estimate of drug-likeness (QED) is 0.935. The smallest absolute Gasteiger partial charge is 0.0931 e. The molecule has 0 aliphatic rings. The van der Waals surface area contributed by atoms with Gasteiger partial charge >= 0.3 is 0 Å². The lowest BCUT2D eigenvalue weighted by molar-refractivity contribution is 0.281. The van der Waals surface area contributed by atoms with E-state index in [1.54, 1.807) is 17.5 Å². The highest BCUT2D eigenvalue weighted by molar-refractivity contribution is 7.16. The highest BCUT2D eigenvalue weighted by atomic mass is 35.5. The van der Waals surface area contributed by atoms with Crippen LogP contribution in [0.25, 0.3) is 0 Å². The van der Waals surface area contributed by atoms with Crippen LogP contribution in [-0.2, 0) is 13.2 Å². The van der Waals surface area contributed by atoms with Crippen LogP contribution in [-0.4, -0.2) is 17.1 Å². The summed E-state index contributed by atoms with van der Waals surface area (Å²) in [6, 6.07) is 5.91. The highest BCUT2D eigenvalue weighted by Crippen LogP contribution is 2.26. The number of hydrogen-bond acceptors (Lipinski definition) is 4. The minimum atomic E-state index is -0.00184. The van der Waals surface area contributed by atoms with Crippen molar-refractivity contribution in [3.8, 4) is 0 Å². The van der Waals surface area contributed by atoms with Gasteiger partial charge in [0.1, 0.15) is 0 Å². The zero-order valence-corrected chi connectivity index (χ0v) is 11.9. The third-order valence-electron chi connectivity index (χ3n) is 2.70. The van der Waals surface area contributed by atoms with E-state index in [1.165, 1.54) is 4.88 Å². The second kappa shape index (κ2) is 5.69. The lowest BCUT2D eigenvalue weighted by Crippen LogP contribution is -2.17. The van der Waals surface area contributed by atoms with Gasteiger partial charge in [0.2, 0.25) is 0 Å². The number of nitrogens with zero attached hydrogens (tertiary/aromatic N) is 2. The van der Waals surface area contributed by atoms with Gasteiger partial charge in [-0.05, 0) is 25.1 Å². The van der Waals surface area contributed by atoms with E-state index in [0.29, 0.717) is 0 Å². The van der Waals surface area contributed by atoms with Gasteiger partial charge in [-0.2, -0.15) is 0 Å². The van der Waals surface area contributed by atoms with Gasteiger partial charge in [0, 0.05) is 35.1 Å². The third-order valence-corrected chi connectivity index (χ3v) is 3.92. The van der Waals surface area contributed by atoms with Crippen molar-refractivity contribution in [3.63, 3.8) is 0 Å². The minimum absolute atomic E-state index is 0.00184. The predicted octanol–water partition coefficient (Wildman–Crippen LogP) is 3.23. The molecular weight excluding hydrogens is 268 g/mol. The van der Waals surface area contributed by atoms with Crippen molar-refractivity contribution in [2.75, 3.05) is 11.9 Å². The second-order valence-corrected chi connectivity index (χ2v) is 5.97. The SMILES string of the molecule is Cc1cc(N(C)Cc2ccc(Cl)s2)c(CO)cn1. The van der Waals surface area contributed by atoms with Crippen molar-refractivity contribution < 1.29 is 5.11 Å². The molecule has 0 saturated heterocycles. The molecule has 2 rings (SSSR count). The van der Waals surface area contributed by atoms with Crippen molar-refractivity contribution in [2.24, 2.45) is 0 Å². The maximum Gasteiger partial charge on any atom is 0.0931 e. The summed E-state index contributed by atoms with van der Waals surface area (Å²) in [6.45, 7) is 2.71. The average molecular weight is 283 g/mol. The highest BCUT2D eigenvalue weighted by Gasteiger charge is 2.09. The predicted molar refractivity (Wildman–Crippen MR) is 76.3 cm³/mol. The molecule has 0 aromatic carbocycles. The molecule has 0 aliphatic carbocycles. The number of rotatable bonds is 4. The molecule has 0 atom stereocenters. The van der Waals surface area contributed by atoms with Crippen LogP contribution >= 0.6 is 22.9 Å². The molecule has 1 N–H and O–H groups in total. The third kappa shape index (κ3) is 3.02. The largest absolute Gasteiger partial charge is 0.392 e. The number of anilines is 1. The van der Waals surface area contributed by atoms with Crippen LogP contribution in [0.3, 0.4) is 0 Å². The molecular formula is C13H15ClN2OS. The number of aromatic nitrogens is 1. The first-order chi connectivity index (χ1) is 8.60. The van der Waals surface area contributed by atoms with E-state index in [1.807, 2.05) is 32.2 Å². The Morgan fingerprint density at radius 1 is 1.44 bits per heavy atom. The standard InChI is InChI=1S/C13H15ClN2OS/c1-9-5-12(10(8-17)6-15-9)16(2)7-11-3-4-13(14)18-11/h3-6,17H,7-8H2,1-2H3. The fraction of sp³-hybridized carbons (Fsp3) is 0.308. The maximum atomic E-state index is 9.34. The fourth-order valence-corrected chi connectivity index (χ4v) is 2.95. The molecule has 0 unspecified atom stereocenters. The van der Waals surface area contributed by atoms with Gasteiger partial charge in [-0.3, -0.25) is 4.98 Å². The zero-order valence-electron chi connectivity index (χ0n) is 10.4. The number of aliphatic hydroxyl groups excluding tert-OH is 1. The molecule has 0 spiro atoms. The zero-order chi connectivity index (χ0) is 13.1. The Hall–Kier alpha value is -1.10. The van der Waals surface area contributed by atoms with Gasteiger partial charge in [-0.25, -0.2) is 0 Å². The molecule has 0 amide bonds. The molecule has 2 heterocycles. The van der Waals surface area contributed by atoms with E-state index in [9.17, 15) is 5.11 Å². The summed E-state index contributed by atoms with van der Waals surface area (Å²) in [5.74, 6) is 0. The number of thiophene rings is 1. The molecule has 18 heavy (non-hydrogen) atoms. The topological polar surface area (TPSA) is 36.4 Å². The average Bonchev–Trinajstić information content (AvgIpc) is 2.74. The Morgan fingerprint density at radius 2 is 2.22 bits per heavy atom. The van der Waals surface area contributed by atoms with Gasteiger partial charge < -0.3 is 10.0 Å². The summed E-state index contributed by atoms with van der Waals surface area (Å²) < 4.78 is 0.798. The summed E-state index contributed by atoms with van der Waals surface area (Å²) in [5, 5.41) is 9.34. The maximum absolute atomic E-state index is 9.34. The van der Waals surface area contributed by atoms with E-state index in [4.69, 9.17) is 11.6 Å². The van der Waals surface area contributed by atoms with E-state index in [2.05, 4.69) is 9.88 Å². The van der Waals surface area contributed by atoms with E-state index < -0.39 is 0 Å². The summed E-state index contributed by atoms with van der Waals surface area (Å²) in [5.41, 5.74) is 2.79. The molecule has 0 fully saturated rings. The van der Waals surface area contributed by atoms with Gasteiger partial charge in [0.25, 0.3) is 0 Å². The van der Waals surface area contributed by atoms with Gasteiger partial charge in [0.15, 0.2) is 0 Å². The normalized spacial score (nSPS) is 10.7. The number of aryl methyl sites for hydroxylation is 1. The van der Waals surface area contributed by atoms with Gasteiger partial charge in [0.05, 0.1) is 17.5 Å². The van der Waals surface area contributed by atoms with Crippen molar-refractivity contribution in [1.82, 2.24) is 4.98 Å². The number of hydrogen-bond donors (Lipinski definition) is 1. The molecule has 0 bridgehead atoms. The van der Waals surface area contributed by atoms with Crippen molar-refractivity contribution in [1.29, 1.82) is 0 Å².